The largest absolute Gasteiger partial charge is 0.320 e. The second-order valence-corrected chi connectivity index (χ2v) is 3.14. The normalized spacial score (nSPS) is 12.2. The van der Waals surface area contributed by atoms with Gasteiger partial charge in [-0.1, -0.05) is 18.2 Å². The van der Waals surface area contributed by atoms with E-state index in [1.807, 2.05) is 0 Å². The molecule has 0 heterocycles. The van der Waals surface area contributed by atoms with Gasteiger partial charge in [0, 0.05) is 7.05 Å². The van der Waals surface area contributed by atoms with Crippen LogP contribution in [0.4, 0.5) is 4.39 Å². The molecule has 0 radical (unpaired) electrons. The second-order valence-electron chi connectivity index (χ2n) is 3.14. The number of hydrogen-bond donors (Lipinski definition) is 3. The van der Waals surface area contributed by atoms with E-state index in [9.17, 15) is 9.18 Å². The Hall–Kier alpha value is -1.46. The fourth-order valence-corrected chi connectivity index (χ4v) is 1.21. The number of carbonyl (C=O) groups excluding carboxylic acids is 1. The minimum atomic E-state index is -0.755. The molecule has 1 atom stereocenters. The molecule has 1 amide bonds. The third-order valence-corrected chi connectivity index (χ3v) is 1.98. The van der Waals surface area contributed by atoms with Gasteiger partial charge in [0.1, 0.15) is 5.82 Å². The molecule has 0 aromatic heterocycles. The van der Waals surface area contributed by atoms with Crippen molar-refractivity contribution in [3.05, 3.63) is 35.6 Å². The van der Waals surface area contributed by atoms with Gasteiger partial charge in [0.25, 0.3) is 5.91 Å². The van der Waals surface area contributed by atoms with Crippen LogP contribution < -0.4 is 16.6 Å². The minimum absolute atomic E-state index is 0.181. The van der Waals surface area contributed by atoms with Gasteiger partial charge in [-0.25, -0.2) is 9.82 Å². The number of amides is 1. The molecule has 0 saturated carbocycles. The molecule has 1 unspecified atom stereocenters. The average Bonchev–Trinajstić information content (AvgIpc) is 2.21. The molecule has 1 rings (SSSR count). The number of benzene rings is 1. The van der Waals surface area contributed by atoms with Gasteiger partial charge in [-0.05, 0) is 18.1 Å². The van der Waals surface area contributed by atoms with Crippen LogP contribution in [0.2, 0.25) is 0 Å². The quantitative estimate of drug-likeness (QED) is 0.611. The Kier molecular flexibility index (Phi) is 4.20. The molecule has 4 N–H and O–H groups in total. The molecular weight excluding hydrogens is 197 g/mol. The molecule has 0 fully saturated rings. The maximum atomic E-state index is 13.2. The summed E-state index contributed by atoms with van der Waals surface area (Å²) >= 11 is 0. The Bertz CT molecular complexity index is 343. The topological polar surface area (TPSA) is 67.1 Å². The van der Waals surface area contributed by atoms with Crippen LogP contribution in [0.5, 0.6) is 0 Å². The van der Waals surface area contributed by atoms with Crippen molar-refractivity contribution >= 4 is 5.91 Å². The molecule has 0 aliphatic heterocycles. The average molecular weight is 211 g/mol. The van der Waals surface area contributed by atoms with Gasteiger partial charge in [-0.3, -0.25) is 10.2 Å². The smallest absolute Gasteiger partial charge is 0.251 e. The molecule has 15 heavy (non-hydrogen) atoms. The van der Waals surface area contributed by atoms with Crippen molar-refractivity contribution in [2.75, 3.05) is 7.05 Å². The van der Waals surface area contributed by atoms with Crippen LogP contribution in [0.3, 0.4) is 0 Å². The Morgan fingerprint density at radius 3 is 2.80 bits per heavy atom. The molecule has 0 saturated heterocycles. The SMILES string of the molecule is CNNC(=O)C(N)Cc1ccccc1F. The molecular formula is C10H14FN3O. The predicted octanol–water partition coefficient (Wildman–Crippen LogP) is -0.0539. The highest BCUT2D eigenvalue weighted by atomic mass is 19.1. The molecule has 1 aromatic rings. The fraction of sp³-hybridized carbons (Fsp3) is 0.300. The molecule has 5 heteroatoms. The lowest BCUT2D eigenvalue weighted by atomic mass is 10.1. The minimum Gasteiger partial charge on any atom is -0.320 e. The number of hydrogen-bond acceptors (Lipinski definition) is 3. The third-order valence-electron chi connectivity index (χ3n) is 1.98. The number of hydrazine groups is 1. The molecule has 0 bridgehead atoms. The Morgan fingerprint density at radius 1 is 1.53 bits per heavy atom. The van der Waals surface area contributed by atoms with Crippen molar-refractivity contribution in [2.24, 2.45) is 5.73 Å². The summed E-state index contributed by atoms with van der Waals surface area (Å²) in [4.78, 5) is 11.2. The first-order valence-corrected chi connectivity index (χ1v) is 4.60. The van der Waals surface area contributed by atoms with Crippen LogP contribution in [-0.4, -0.2) is 19.0 Å². The van der Waals surface area contributed by atoms with Gasteiger partial charge in [-0.2, -0.15) is 0 Å². The molecule has 82 valence electrons. The number of halogens is 1. The van der Waals surface area contributed by atoms with E-state index in [1.165, 1.54) is 6.07 Å². The summed E-state index contributed by atoms with van der Waals surface area (Å²) in [5.74, 6) is -0.703. The van der Waals surface area contributed by atoms with Crippen LogP contribution in [0, 0.1) is 5.82 Å². The molecule has 0 spiro atoms. The standard InChI is InChI=1S/C10H14FN3O/c1-13-14-10(15)9(12)6-7-4-2-3-5-8(7)11/h2-5,9,13H,6,12H2,1H3,(H,14,15). The van der Waals surface area contributed by atoms with Gasteiger partial charge < -0.3 is 5.73 Å². The highest BCUT2D eigenvalue weighted by Crippen LogP contribution is 2.08. The van der Waals surface area contributed by atoms with Crippen LogP contribution >= 0.6 is 0 Å². The monoisotopic (exact) mass is 211 g/mol. The molecule has 0 aliphatic carbocycles. The molecule has 1 aromatic carbocycles. The first kappa shape index (κ1) is 11.6. The predicted molar refractivity (Wildman–Crippen MR) is 55.3 cm³/mol. The van der Waals surface area contributed by atoms with E-state index in [2.05, 4.69) is 10.9 Å². The van der Waals surface area contributed by atoms with Crippen molar-refractivity contribution in [2.45, 2.75) is 12.5 Å². The van der Waals surface area contributed by atoms with Crippen molar-refractivity contribution in [1.29, 1.82) is 0 Å². The van der Waals surface area contributed by atoms with Gasteiger partial charge >= 0.3 is 0 Å². The van der Waals surface area contributed by atoms with Crippen LogP contribution in [-0.2, 0) is 11.2 Å². The highest BCUT2D eigenvalue weighted by molar-refractivity contribution is 5.81. The number of nitrogens with two attached hydrogens (primary N) is 1. The lowest BCUT2D eigenvalue weighted by molar-refractivity contribution is -0.123. The summed E-state index contributed by atoms with van der Waals surface area (Å²) in [6.45, 7) is 0. The van der Waals surface area contributed by atoms with Crippen LogP contribution in [0.15, 0.2) is 24.3 Å². The number of rotatable bonds is 4. The summed E-state index contributed by atoms with van der Waals surface area (Å²) < 4.78 is 13.2. The maximum absolute atomic E-state index is 13.2. The summed E-state index contributed by atoms with van der Waals surface area (Å²) in [5.41, 5.74) is 10.9. The van der Waals surface area contributed by atoms with E-state index in [1.54, 1.807) is 25.2 Å². The lowest BCUT2D eigenvalue weighted by Gasteiger charge is -2.11. The Balaban J connectivity index is 2.62. The van der Waals surface area contributed by atoms with Gasteiger partial charge in [0.15, 0.2) is 0 Å². The van der Waals surface area contributed by atoms with Crippen molar-refractivity contribution in [1.82, 2.24) is 10.9 Å². The van der Waals surface area contributed by atoms with Crippen molar-refractivity contribution in [3.63, 3.8) is 0 Å². The van der Waals surface area contributed by atoms with E-state index in [0.29, 0.717) is 5.56 Å². The first-order chi connectivity index (χ1) is 7.15. The molecule has 0 aliphatic rings. The zero-order valence-corrected chi connectivity index (χ0v) is 8.46. The van der Waals surface area contributed by atoms with E-state index in [0.717, 1.165) is 0 Å². The van der Waals surface area contributed by atoms with Crippen LogP contribution in [0.25, 0.3) is 0 Å². The summed E-state index contributed by atoms with van der Waals surface area (Å²) in [7, 11) is 1.56. The summed E-state index contributed by atoms with van der Waals surface area (Å²) in [6, 6.07) is 5.51. The van der Waals surface area contributed by atoms with E-state index in [4.69, 9.17) is 5.73 Å². The number of nitrogens with one attached hydrogen (secondary N) is 2. The van der Waals surface area contributed by atoms with E-state index >= 15 is 0 Å². The van der Waals surface area contributed by atoms with Crippen molar-refractivity contribution < 1.29 is 9.18 Å². The Morgan fingerprint density at radius 2 is 2.20 bits per heavy atom. The first-order valence-electron chi connectivity index (χ1n) is 4.60. The molecule has 4 nitrogen and oxygen atoms in total. The summed E-state index contributed by atoms with van der Waals surface area (Å²) in [6.07, 6.45) is 0.181. The van der Waals surface area contributed by atoms with E-state index in [-0.39, 0.29) is 18.1 Å². The van der Waals surface area contributed by atoms with Gasteiger partial charge in [0.05, 0.1) is 6.04 Å². The number of carbonyl (C=O) groups is 1. The second kappa shape index (κ2) is 5.43. The third kappa shape index (κ3) is 3.30. The Labute approximate surface area is 87.6 Å². The van der Waals surface area contributed by atoms with Crippen LogP contribution in [0.1, 0.15) is 5.56 Å². The highest BCUT2D eigenvalue weighted by Gasteiger charge is 2.14. The van der Waals surface area contributed by atoms with Crippen molar-refractivity contribution in [3.8, 4) is 0 Å². The fourth-order valence-electron chi connectivity index (χ4n) is 1.21. The van der Waals surface area contributed by atoms with Gasteiger partial charge in [0.2, 0.25) is 0 Å². The lowest BCUT2D eigenvalue weighted by Crippen LogP contribution is -2.46. The van der Waals surface area contributed by atoms with E-state index < -0.39 is 6.04 Å². The zero-order valence-electron chi connectivity index (χ0n) is 8.46. The maximum Gasteiger partial charge on any atom is 0.251 e. The zero-order chi connectivity index (χ0) is 11.3. The summed E-state index contributed by atoms with van der Waals surface area (Å²) in [5, 5.41) is 0. The van der Waals surface area contributed by atoms with Gasteiger partial charge in [-0.15, -0.1) is 0 Å².